The molecule has 142 valence electrons. The van der Waals surface area contributed by atoms with Gasteiger partial charge in [0.05, 0.1) is 5.56 Å². The Morgan fingerprint density at radius 3 is 2.37 bits per heavy atom. The number of rotatable bonds is 6. The van der Waals surface area contributed by atoms with Crippen molar-refractivity contribution in [3.63, 3.8) is 0 Å². The molecule has 0 saturated carbocycles. The maximum Gasteiger partial charge on any atom is 0.251 e. The van der Waals surface area contributed by atoms with E-state index >= 15 is 0 Å². The quantitative estimate of drug-likeness (QED) is 0.822. The molecule has 0 bridgehead atoms. The average Bonchev–Trinajstić information content (AvgIpc) is 3.13. The van der Waals surface area contributed by atoms with E-state index in [2.05, 4.69) is 29.0 Å². The van der Waals surface area contributed by atoms with Gasteiger partial charge in [-0.2, -0.15) is 0 Å². The first-order valence-electron chi connectivity index (χ1n) is 9.24. The molecular formula is C21H26N4O2. The van der Waals surface area contributed by atoms with Crippen molar-refractivity contribution in [2.45, 2.75) is 32.2 Å². The summed E-state index contributed by atoms with van der Waals surface area (Å²) in [6.07, 6.45) is 5.57. The summed E-state index contributed by atoms with van der Waals surface area (Å²) >= 11 is 0. The van der Waals surface area contributed by atoms with Gasteiger partial charge in [-0.25, -0.2) is 0 Å². The van der Waals surface area contributed by atoms with Gasteiger partial charge in [0.2, 0.25) is 5.91 Å². The van der Waals surface area contributed by atoms with Crippen LogP contribution in [0.15, 0.2) is 42.7 Å². The smallest absolute Gasteiger partial charge is 0.251 e. The number of aromatic nitrogens is 1. The van der Waals surface area contributed by atoms with Gasteiger partial charge in [0.25, 0.3) is 5.91 Å². The Kier molecular flexibility index (Phi) is 5.56. The standard InChI is InChI=1S/C21H26N4O2/c1-21(2,14-25-9-3-4-10-25)24-20(27)16-7-5-15(6-8-16)17-11-18(19(22)26)13-23-12-17/h5-8,11-13H,3-4,9-10,14H2,1-2H3,(H2,22,26)(H,24,27). The fraction of sp³-hybridized carbons (Fsp3) is 0.381. The van der Waals surface area contributed by atoms with Crippen LogP contribution in [0.1, 0.15) is 47.4 Å². The molecule has 1 aromatic heterocycles. The normalized spacial score (nSPS) is 14.9. The van der Waals surface area contributed by atoms with Crippen molar-refractivity contribution >= 4 is 11.8 Å². The molecule has 0 unspecified atom stereocenters. The van der Waals surface area contributed by atoms with Crippen molar-refractivity contribution in [2.75, 3.05) is 19.6 Å². The lowest BCUT2D eigenvalue weighted by atomic mass is 10.0. The third kappa shape index (κ3) is 4.92. The minimum Gasteiger partial charge on any atom is -0.366 e. The number of nitrogens with two attached hydrogens (primary N) is 1. The Morgan fingerprint density at radius 2 is 1.74 bits per heavy atom. The molecule has 1 aromatic carbocycles. The van der Waals surface area contributed by atoms with Crippen LogP contribution in [-0.2, 0) is 0 Å². The summed E-state index contributed by atoms with van der Waals surface area (Å²) < 4.78 is 0. The summed E-state index contributed by atoms with van der Waals surface area (Å²) in [6.45, 7) is 7.17. The molecule has 6 nitrogen and oxygen atoms in total. The first-order valence-corrected chi connectivity index (χ1v) is 9.24. The summed E-state index contributed by atoms with van der Waals surface area (Å²) in [5.74, 6) is -0.602. The van der Waals surface area contributed by atoms with E-state index in [4.69, 9.17) is 5.73 Å². The van der Waals surface area contributed by atoms with Crippen LogP contribution in [-0.4, -0.2) is 46.9 Å². The highest BCUT2D eigenvalue weighted by Crippen LogP contribution is 2.20. The molecule has 1 aliphatic heterocycles. The molecule has 2 amide bonds. The maximum absolute atomic E-state index is 12.6. The van der Waals surface area contributed by atoms with Crippen LogP contribution in [0.25, 0.3) is 11.1 Å². The first-order chi connectivity index (χ1) is 12.8. The highest BCUT2D eigenvalue weighted by Gasteiger charge is 2.25. The molecule has 1 saturated heterocycles. The molecule has 0 radical (unpaired) electrons. The Labute approximate surface area is 159 Å². The van der Waals surface area contributed by atoms with Crippen LogP contribution in [0.2, 0.25) is 0 Å². The molecule has 0 aliphatic carbocycles. The van der Waals surface area contributed by atoms with Crippen molar-refractivity contribution in [3.8, 4) is 11.1 Å². The third-order valence-corrected chi connectivity index (χ3v) is 4.77. The number of hydrogen-bond acceptors (Lipinski definition) is 4. The van der Waals surface area contributed by atoms with Gasteiger partial charge in [0.15, 0.2) is 0 Å². The van der Waals surface area contributed by atoms with Crippen molar-refractivity contribution in [1.29, 1.82) is 0 Å². The molecule has 2 heterocycles. The second kappa shape index (κ2) is 7.88. The van der Waals surface area contributed by atoms with E-state index in [-0.39, 0.29) is 11.4 Å². The molecular weight excluding hydrogens is 340 g/mol. The molecule has 0 atom stereocenters. The number of pyridine rings is 1. The Balaban J connectivity index is 1.68. The van der Waals surface area contributed by atoms with Crippen molar-refractivity contribution in [2.24, 2.45) is 5.73 Å². The number of carbonyl (C=O) groups excluding carboxylic acids is 2. The van der Waals surface area contributed by atoms with Gasteiger partial charge in [-0.15, -0.1) is 0 Å². The van der Waals surface area contributed by atoms with E-state index in [1.807, 2.05) is 12.1 Å². The zero-order chi connectivity index (χ0) is 19.4. The van der Waals surface area contributed by atoms with Crippen LogP contribution in [0.5, 0.6) is 0 Å². The van der Waals surface area contributed by atoms with Crippen LogP contribution < -0.4 is 11.1 Å². The van der Waals surface area contributed by atoms with Gasteiger partial charge < -0.3 is 16.0 Å². The largest absolute Gasteiger partial charge is 0.366 e. The summed E-state index contributed by atoms with van der Waals surface area (Å²) in [6, 6.07) is 8.97. The minimum atomic E-state index is -0.513. The first kappa shape index (κ1) is 19.0. The molecule has 27 heavy (non-hydrogen) atoms. The predicted molar refractivity (Wildman–Crippen MR) is 105 cm³/mol. The number of nitrogens with zero attached hydrogens (tertiary/aromatic N) is 2. The van der Waals surface area contributed by atoms with Crippen LogP contribution >= 0.6 is 0 Å². The Bertz CT molecular complexity index is 824. The Morgan fingerprint density at radius 1 is 1.07 bits per heavy atom. The lowest BCUT2D eigenvalue weighted by Gasteiger charge is -2.31. The van der Waals surface area contributed by atoms with E-state index in [1.54, 1.807) is 24.4 Å². The topological polar surface area (TPSA) is 88.3 Å². The van der Waals surface area contributed by atoms with E-state index in [0.29, 0.717) is 11.1 Å². The van der Waals surface area contributed by atoms with Crippen LogP contribution in [0.3, 0.4) is 0 Å². The number of likely N-dealkylation sites (tertiary alicyclic amines) is 1. The Hall–Kier alpha value is -2.73. The number of primary amides is 1. The lowest BCUT2D eigenvalue weighted by molar-refractivity contribution is 0.0893. The molecule has 2 aromatic rings. The number of nitrogens with one attached hydrogen (secondary N) is 1. The van der Waals surface area contributed by atoms with E-state index < -0.39 is 5.91 Å². The van der Waals surface area contributed by atoms with Crippen LogP contribution in [0, 0.1) is 0 Å². The van der Waals surface area contributed by atoms with Gasteiger partial charge in [-0.3, -0.25) is 14.6 Å². The zero-order valence-corrected chi connectivity index (χ0v) is 15.9. The number of hydrogen-bond donors (Lipinski definition) is 2. The summed E-state index contributed by atoms with van der Waals surface area (Å²) in [7, 11) is 0. The highest BCUT2D eigenvalue weighted by atomic mass is 16.2. The molecule has 1 fully saturated rings. The summed E-state index contributed by atoms with van der Waals surface area (Å²) in [5.41, 5.74) is 7.64. The van der Waals surface area contributed by atoms with Crippen molar-refractivity contribution in [1.82, 2.24) is 15.2 Å². The van der Waals surface area contributed by atoms with Gasteiger partial charge in [0.1, 0.15) is 0 Å². The molecule has 1 aliphatic rings. The SMILES string of the molecule is CC(C)(CN1CCCC1)NC(=O)c1ccc(-c2cncc(C(N)=O)c2)cc1. The monoisotopic (exact) mass is 366 g/mol. The number of carbonyl (C=O) groups is 2. The number of benzene rings is 1. The highest BCUT2D eigenvalue weighted by molar-refractivity contribution is 5.95. The fourth-order valence-electron chi connectivity index (χ4n) is 3.47. The maximum atomic E-state index is 12.6. The minimum absolute atomic E-state index is 0.0882. The molecule has 6 heteroatoms. The van der Waals surface area contributed by atoms with Crippen LogP contribution in [0.4, 0.5) is 0 Å². The zero-order valence-electron chi connectivity index (χ0n) is 15.9. The van der Waals surface area contributed by atoms with E-state index in [1.165, 1.54) is 19.0 Å². The second-order valence-corrected chi connectivity index (χ2v) is 7.73. The van der Waals surface area contributed by atoms with Crippen molar-refractivity contribution < 1.29 is 9.59 Å². The predicted octanol–water partition coefficient (Wildman–Crippen LogP) is 2.45. The summed E-state index contributed by atoms with van der Waals surface area (Å²) in [4.78, 5) is 30.4. The van der Waals surface area contributed by atoms with Crippen molar-refractivity contribution in [3.05, 3.63) is 53.9 Å². The average molecular weight is 366 g/mol. The van der Waals surface area contributed by atoms with E-state index in [9.17, 15) is 9.59 Å². The van der Waals surface area contributed by atoms with E-state index in [0.717, 1.165) is 30.8 Å². The molecule has 3 rings (SSSR count). The van der Waals surface area contributed by atoms with Gasteiger partial charge in [-0.1, -0.05) is 12.1 Å². The molecule has 0 spiro atoms. The lowest BCUT2D eigenvalue weighted by Crippen LogP contribution is -2.50. The fourth-order valence-corrected chi connectivity index (χ4v) is 3.47. The second-order valence-electron chi connectivity index (χ2n) is 7.73. The summed E-state index contributed by atoms with van der Waals surface area (Å²) in [5, 5.41) is 3.13. The number of amides is 2. The van der Waals surface area contributed by atoms with Gasteiger partial charge >= 0.3 is 0 Å². The third-order valence-electron chi connectivity index (χ3n) is 4.77. The van der Waals surface area contributed by atoms with Gasteiger partial charge in [0, 0.05) is 35.6 Å². The molecule has 3 N–H and O–H groups in total. The van der Waals surface area contributed by atoms with Gasteiger partial charge in [-0.05, 0) is 63.5 Å².